The molecule has 0 aliphatic heterocycles. The number of pyridine rings is 1. The lowest BCUT2D eigenvalue weighted by atomic mass is 9.95. The highest BCUT2D eigenvalue weighted by Crippen LogP contribution is 2.43. The SMILES string of the molecule is COc1ccccc1C(Nc1cc(C)ccn1)c1c(NC(=O)c2ccco2)sc(C)c1C. The molecule has 3 heterocycles. The minimum atomic E-state index is -0.294. The molecule has 0 aliphatic carbocycles. The van der Waals surface area contributed by atoms with Crippen molar-refractivity contribution in [1.82, 2.24) is 4.98 Å². The van der Waals surface area contributed by atoms with E-state index in [0.29, 0.717) is 0 Å². The van der Waals surface area contributed by atoms with Crippen LogP contribution < -0.4 is 15.4 Å². The van der Waals surface area contributed by atoms with Gasteiger partial charge < -0.3 is 19.8 Å². The first-order chi connectivity index (χ1) is 15.5. The monoisotopic (exact) mass is 447 g/mol. The Hall–Kier alpha value is -3.58. The van der Waals surface area contributed by atoms with Gasteiger partial charge in [-0.3, -0.25) is 4.79 Å². The van der Waals surface area contributed by atoms with E-state index in [1.54, 1.807) is 36.8 Å². The van der Waals surface area contributed by atoms with Gasteiger partial charge in [0, 0.05) is 22.2 Å². The van der Waals surface area contributed by atoms with Crippen molar-refractivity contribution in [1.29, 1.82) is 0 Å². The third-order valence-electron chi connectivity index (χ3n) is 5.35. The molecule has 0 aliphatic rings. The zero-order valence-corrected chi connectivity index (χ0v) is 19.2. The average Bonchev–Trinajstić information content (AvgIpc) is 3.41. The van der Waals surface area contributed by atoms with Gasteiger partial charge >= 0.3 is 0 Å². The Morgan fingerprint density at radius 3 is 2.66 bits per heavy atom. The van der Waals surface area contributed by atoms with E-state index in [1.165, 1.54) is 6.26 Å². The van der Waals surface area contributed by atoms with Crippen LogP contribution in [0, 0.1) is 20.8 Å². The van der Waals surface area contributed by atoms with Crippen LogP contribution in [-0.4, -0.2) is 18.0 Å². The van der Waals surface area contributed by atoms with E-state index in [4.69, 9.17) is 9.15 Å². The topological polar surface area (TPSA) is 76.4 Å². The Bertz CT molecular complexity index is 1230. The third kappa shape index (κ3) is 4.38. The zero-order chi connectivity index (χ0) is 22.7. The van der Waals surface area contributed by atoms with Crippen molar-refractivity contribution in [2.24, 2.45) is 0 Å². The molecule has 0 radical (unpaired) electrons. The van der Waals surface area contributed by atoms with Crippen LogP contribution >= 0.6 is 11.3 Å². The average molecular weight is 448 g/mol. The van der Waals surface area contributed by atoms with Crippen LogP contribution in [0.25, 0.3) is 0 Å². The van der Waals surface area contributed by atoms with Gasteiger partial charge in [0.2, 0.25) is 0 Å². The van der Waals surface area contributed by atoms with E-state index in [1.807, 2.05) is 43.3 Å². The van der Waals surface area contributed by atoms with E-state index in [0.717, 1.165) is 43.7 Å². The maximum Gasteiger partial charge on any atom is 0.291 e. The maximum absolute atomic E-state index is 12.8. The molecule has 0 saturated carbocycles. The number of aromatic nitrogens is 1. The molecule has 32 heavy (non-hydrogen) atoms. The standard InChI is InChI=1S/C25H25N3O3S/c1-15-11-12-26-21(14-15)27-23(18-8-5-6-9-19(18)30-4)22-16(2)17(3)32-25(22)28-24(29)20-10-7-13-31-20/h5-14,23H,1-4H3,(H,26,27)(H,28,29). The van der Waals surface area contributed by atoms with Crippen molar-refractivity contribution >= 4 is 28.1 Å². The number of thiophene rings is 1. The van der Waals surface area contributed by atoms with Crippen molar-refractivity contribution in [3.63, 3.8) is 0 Å². The number of carbonyl (C=O) groups excluding carboxylic acids is 1. The van der Waals surface area contributed by atoms with Gasteiger partial charge in [-0.1, -0.05) is 18.2 Å². The summed E-state index contributed by atoms with van der Waals surface area (Å²) in [4.78, 5) is 18.4. The predicted molar refractivity (Wildman–Crippen MR) is 128 cm³/mol. The summed E-state index contributed by atoms with van der Waals surface area (Å²) in [5.41, 5.74) is 4.12. The highest BCUT2D eigenvalue weighted by Gasteiger charge is 2.27. The van der Waals surface area contributed by atoms with E-state index in [9.17, 15) is 4.79 Å². The van der Waals surface area contributed by atoms with Gasteiger partial charge in [0.25, 0.3) is 5.91 Å². The first-order valence-electron chi connectivity index (χ1n) is 10.2. The number of furan rings is 1. The van der Waals surface area contributed by atoms with Gasteiger partial charge in [0.15, 0.2) is 5.76 Å². The number of para-hydroxylation sites is 1. The van der Waals surface area contributed by atoms with Gasteiger partial charge in [-0.05, 0) is 62.2 Å². The molecule has 0 saturated heterocycles. The minimum Gasteiger partial charge on any atom is -0.496 e. The maximum atomic E-state index is 12.8. The smallest absolute Gasteiger partial charge is 0.291 e. The van der Waals surface area contributed by atoms with Crippen molar-refractivity contribution in [3.05, 3.63) is 93.9 Å². The fourth-order valence-electron chi connectivity index (χ4n) is 3.63. The second-order valence-corrected chi connectivity index (χ2v) is 8.72. The number of ether oxygens (including phenoxy) is 1. The molecule has 2 N–H and O–H groups in total. The largest absolute Gasteiger partial charge is 0.496 e. The minimum absolute atomic E-state index is 0.266. The normalized spacial score (nSPS) is 11.8. The molecular formula is C25H25N3O3S. The van der Waals surface area contributed by atoms with Crippen LogP contribution in [0.15, 0.2) is 65.4 Å². The number of rotatable bonds is 7. The second kappa shape index (κ2) is 9.28. The Kier molecular flexibility index (Phi) is 6.28. The number of amides is 1. The summed E-state index contributed by atoms with van der Waals surface area (Å²) in [5, 5.41) is 7.38. The van der Waals surface area contributed by atoms with E-state index < -0.39 is 0 Å². The molecule has 0 bridgehead atoms. The quantitative estimate of drug-likeness (QED) is 0.357. The highest BCUT2D eigenvalue weighted by atomic mass is 32.1. The zero-order valence-electron chi connectivity index (χ0n) is 18.4. The first-order valence-corrected chi connectivity index (χ1v) is 11.1. The molecule has 164 valence electrons. The van der Waals surface area contributed by atoms with Crippen LogP contribution in [0.2, 0.25) is 0 Å². The predicted octanol–water partition coefficient (Wildman–Crippen LogP) is 6.12. The number of nitrogens with one attached hydrogen (secondary N) is 2. The number of nitrogens with zero attached hydrogens (tertiary/aromatic N) is 1. The number of carbonyl (C=O) groups is 1. The summed E-state index contributed by atoms with van der Waals surface area (Å²) >= 11 is 1.54. The summed E-state index contributed by atoms with van der Waals surface area (Å²) in [6, 6.07) is 14.9. The van der Waals surface area contributed by atoms with E-state index >= 15 is 0 Å². The molecule has 1 atom stereocenters. The lowest BCUT2D eigenvalue weighted by Crippen LogP contribution is -2.18. The third-order valence-corrected chi connectivity index (χ3v) is 6.49. The van der Waals surface area contributed by atoms with Gasteiger partial charge in [-0.15, -0.1) is 11.3 Å². The Labute approximate surface area is 191 Å². The number of hydrogen-bond donors (Lipinski definition) is 2. The van der Waals surface area contributed by atoms with Crippen molar-refractivity contribution in [2.75, 3.05) is 17.7 Å². The molecule has 7 heteroatoms. The first kappa shape index (κ1) is 21.6. The van der Waals surface area contributed by atoms with Crippen LogP contribution in [-0.2, 0) is 0 Å². The lowest BCUT2D eigenvalue weighted by molar-refractivity contribution is 0.0997. The molecule has 0 spiro atoms. The fourth-order valence-corrected chi connectivity index (χ4v) is 4.72. The van der Waals surface area contributed by atoms with Crippen LogP contribution in [0.4, 0.5) is 10.8 Å². The lowest BCUT2D eigenvalue weighted by Gasteiger charge is -2.24. The van der Waals surface area contributed by atoms with E-state index in [-0.39, 0.29) is 17.7 Å². The van der Waals surface area contributed by atoms with Crippen LogP contribution in [0.5, 0.6) is 5.75 Å². The van der Waals surface area contributed by atoms with Crippen molar-refractivity contribution in [3.8, 4) is 5.75 Å². The molecule has 4 aromatic rings. The number of hydrogen-bond acceptors (Lipinski definition) is 6. The van der Waals surface area contributed by atoms with Crippen molar-refractivity contribution in [2.45, 2.75) is 26.8 Å². The van der Waals surface area contributed by atoms with Crippen LogP contribution in [0.3, 0.4) is 0 Å². The molecule has 3 aromatic heterocycles. The molecular weight excluding hydrogens is 422 g/mol. The summed E-state index contributed by atoms with van der Waals surface area (Å²) in [6.07, 6.45) is 3.27. The molecule has 1 amide bonds. The molecule has 0 fully saturated rings. The van der Waals surface area contributed by atoms with Crippen molar-refractivity contribution < 1.29 is 13.9 Å². The number of aryl methyl sites for hydroxylation is 2. The molecule has 1 aromatic carbocycles. The Morgan fingerprint density at radius 1 is 1.12 bits per heavy atom. The van der Waals surface area contributed by atoms with Crippen LogP contribution in [0.1, 0.15) is 43.7 Å². The summed E-state index contributed by atoms with van der Waals surface area (Å²) in [6.45, 7) is 6.15. The van der Waals surface area contributed by atoms with Gasteiger partial charge in [-0.25, -0.2) is 4.98 Å². The fraction of sp³-hybridized carbons (Fsp3) is 0.200. The number of benzene rings is 1. The Balaban J connectivity index is 1.83. The second-order valence-electron chi connectivity index (χ2n) is 7.50. The van der Waals surface area contributed by atoms with Gasteiger partial charge in [0.1, 0.15) is 16.6 Å². The Morgan fingerprint density at radius 2 is 1.94 bits per heavy atom. The highest BCUT2D eigenvalue weighted by molar-refractivity contribution is 7.16. The summed E-state index contributed by atoms with van der Waals surface area (Å²) in [5.74, 6) is 1.48. The van der Waals surface area contributed by atoms with Gasteiger partial charge in [0.05, 0.1) is 19.4 Å². The molecule has 6 nitrogen and oxygen atoms in total. The summed E-state index contributed by atoms with van der Waals surface area (Å²) < 4.78 is 11.0. The number of methoxy groups -OCH3 is 1. The number of anilines is 2. The molecule has 4 rings (SSSR count). The molecule has 1 unspecified atom stereocenters. The van der Waals surface area contributed by atoms with Gasteiger partial charge in [-0.2, -0.15) is 0 Å². The summed E-state index contributed by atoms with van der Waals surface area (Å²) in [7, 11) is 1.66. The van der Waals surface area contributed by atoms with E-state index in [2.05, 4.69) is 29.5 Å².